The number of nitrogens with one attached hydrogen (secondary N) is 1. The molecule has 116 valence electrons. The topological polar surface area (TPSA) is 70.4 Å². The number of nitrogens with zero attached hydrogens (tertiary/aromatic N) is 3. The van der Waals surface area contributed by atoms with Gasteiger partial charge in [-0.3, -0.25) is 0 Å². The van der Waals surface area contributed by atoms with Gasteiger partial charge in [-0.05, 0) is 25.0 Å². The fourth-order valence-corrected chi connectivity index (χ4v) is 2.53. The average molecular weight is 300 g/mol. The molecule has 6 nitrogen and oxygen atoms in total. The van der Waals surface area contributed by atoms with Crippen LogP contribution in [0.2, 0.25) is 0 Å². The van der Waals surface area contributed by atoms with Crippen molar-refractivity contribution >= 4 is 6.03 Å². The van der Waals surface area contributed by atoms with Gasteiger partial charge in [-0.2, -0.15) is 5.10 Å². The third-order valence-electron chi connectivity index (χ3n) is 3.85. The van der Waals surface area contributed by atoms with Gasteiger partial charge < -0.3 is 15.3 Å². The third kappa shape index (κ3) is 3.46. The molecule has 6 heteroatoms. The summed E-state index contributed by atoms with van der Waals surface area (Å²) in [6, 6.07) is 9.76. The molecule has 0 radical (unpaired) electrons. The smallest absolute Gasteiger partial charge is 0.317 e. The van der Waals surface area contributed by atoms with E-state index in [-0.39, 0.29) is 12.1 Å². The van der Waals surface area contributed by atoms with E-state index >= 15 is 0 Å². The Balaban J connectivity index is 1.54. The maximum Gasteiger partial charge on any atom is 0.317 e. The number of piperidine rings is 1. The summed E-state index contributed by atoms with van der Waals surface area (Å²) >= 11 is 0. The lowest BCUT2D eigenvalue weighted by Crippen LogP contribution is -2.45. The highest BCUT2D eigenvalue weighted by molar-refractivity contribution is 5.74. The highest BCUT2D eigenvalue weighted by Gasteiger charge is 2.20. The summed E-state index contributed by atoms with van der Waals surface area (Å²) in [6.45, 7) is 1.66. The van der Waals surface area contributed by atoms with Gasteiger partial charge in [0.15, 0.2) is 0 Å². The number of carbonyl (C=O) groups excluding carboxylic acids is 1. The molecule has 1 saturated heterocycles. The monoisotopic (exact) mass is 300 g/mol. The average Bonchev–Trinajstić information content (AvgIpc) is 3.03. The van der Waals surface area contributed by atoms with E-state index < -0.39 is 0 Å². The van der Waals surface area contributed by atoms with Crippen LogP contribution in [0.25, 0.3) is 5.69 Å². The molecule has 1 fully saturated rings. The SMILES string of the molecule is O=C(NCc1cnn(-c2ccccc2)c1)N1CCC(O)CC1. The van der Waals surface area contributed by atoms with Crippen LogP contribution in [0.1, 0.15) is 18.4 Å². The van der Waals surface area contributed by atoms with Gasteiger partial charge in [0.1, 0.15) is 0 Å². The predicted molar refractivity (Wildman–Crippen MR) is 82.6 cm³/mol. The predicted octanol–water partition coefficient (Wildman–Crippen LogP) is 1.54. The minimum absolute atomic E-state index is 0.0839. The van der Waals surface area contributed by atoms with Gasteiger partial charge in [0.25, 0.3) is 0 Å². The second-order valence-corrected chi connectivity index (χ2v) is 5.51. The molecule has 2 amide bonds. The highest BCUT2D eigenvalue weighted by atomic mass is 16.3. The van der Waals surface area contributed by atoms with Crippen molar-refractivity contribution in [3.8, 4) is 5.69 Å². The zero-order valence-corrected chi connectivity index (χ0v) is 12.4. The van der Waals surface area contributed by atoms with Gasteiger partial charge in [-0.25, -0.2) is 9.48 Å². The molecular formula is C16H20N4O2. The first-order valence-electron chi connectivity index (χ1n) is 7.52. The molecule has 0 unspecified atom stereocenters. The quantitative estimate of drug-likeness (QED) is 0.903. The lowest BCUT2D eigenvalue weighted by molar-refractivity contribution is 0.0936. The Hall–Kier alpha value is -2.34. The largest absolute Gasteiger partial charge is 0.393 e. The van der Waals surface area contributed by atoms with Gasteiger partial charge in [-0.1, -0.05) is 18.2 Å². The number of aromatic nitrogens is 2. The Morgan fingerprint density at radius 1 is 1.27 bits per heavy atom. The molecule has 0 atom stereocenters. The molecule has 1 aromatic heterocycles. The summed E-state index contributed by atoms with van der Waals surface area (Å²) in [6.07, 6.45) is 4.70. The van der Waals surface area contributed by atoms with Crippen LogP contribution < -0.4 is 5.32 Å². The van der Waals surface area contributed by atoms with E-state index in [2.05, 4.69) is 10.4 Å². The molecule has 1 aromatic carbocycles. The fourth-order valence-electron chi connectivity index (χ4n) is 2.53. The van der Waals surface area contributed by atoms with Crippen LogP contribution in [0, 0.1) is 0 Å². The molecule has 0 aliphatic carbocycles. The molecule has 0 bridgehead atoms. The normalized spacial score (nSPS) is 15.8. The lowest BCUT2D eigenvalue weighted by Gasteiger charge is -2.29. The van der Waals surface area contributed by atoms with Gasteiger partial charge in [0, 0.05) is 31.4 Å². The van der Waals surface area contributed by atoms with Crippen molar-refractivity contribution in [1.29, 1.82) is 0 Å². The minimum atomic E-state index is -0.270. The first-order valence-corrected chi connectivity index (χ1v) is 7.52. The second kappa shape index (κ2) is 6.62. The maximum atomic E-state index is 12.1. The van der Waals surface area contributed by atoms with E-state index in [1.165, 1.54) is 0 Å². The van der Waals surface area contributed by atoms with Gasteiger partial charge in [0.2, 0.25) is 0 Å². The Bertz CT molecular complexity index is 618. The van der Waals surface area contributed by atoms with Crippen LogP contribution in [0.15, 0.2) is 42.7 Å². The Morgan fingerprint density at radius 3 is 2.73 bits per heavy atom. The molecule has 2 N–H and O–H groups in total. The zero-order valence-electron chi connectivity index (χ0n) is 12.4. The molecule has 3 rings (SSSR count). The number of para-hydroxylation sites is 1. The number of urea groups is 1. The third-order valence-corrected chi connectivity index (χ3v) is 3.85. The number of carbonyl (C=O) groups is 1. The first-order chi connectivity index (χ1) is 10.7. The van der Waals surface area contributed by atoms with Crippen molar-refractivity contribution in [2.45, 2.75) is 25.5 Å². The van der Waals surface area contributed by atoms with Crippen LogP contribution >= 0.6 is 0 Å². The molecule has 0 spiro atoms. The standard InChI is InChI=1S/C16H20N4O2/c21-15-6-8-19(9-7-15)16(22)17-10-13-11-18-20(12-13)14-4-2-1-3-5-14/h1-5,11-12,15,21H,6-10H2,(H,17,22). The number of benzene rings is 1. The Morgan fingerprint density at radius 2 is 2.00 bits per heavy atom. The van der Waals surface area contributed by atoms with Crippen molar-refractivity contribution < 1.29 is 9.90 Å². The Labute approximate surface area is 129 Å². The number of amides is 2. The molecule has 1 aliphatic rings. The first kappa shape index (κ1) is 14.6. The van der Waals surface area contributed by atoms with Gasteiger partial charge >= 0.3 is 6.03 Å². The van der Waals surface area contributed by atoms with Crippen LogP contribution in [0.5, 0.6) is 0 Å². The summed E-state index contributed by atoms with van der Waals surface area (Å²) < 4.78 is 1.79. The van der Waals surface area contributed by atoms with E-state index in [0.717, 1.165) is 11.3 Å². The van der Waals surface area contributed by atoms with Crippen molar-refractivity contribution in [3.63, 3.8) is 0 Å². The van der Waals surface area contributed by atoms with Crippen LogP contribution in [-0.2, 0) is 6.54 Å². The minimum Gasteiger partial charge on any atom is -0.393 e. The zero-order chi connectivity index (χ0) is 15.4. The van der Waals surface area contributed by atoms with Gasteiger partial charge in [0.05, 0.1) is 18.0 Å². The van der Waals surface area contributed by atoms with E-state index in [1.807, 2.05) is 36.5 Å². The highest BCUT2D eigenvalue weighted by Crippen LogP contribution is 2.10. The number of hydrogen-bond acceptors (Lipinski definition) is 3. The van der Waals surface area contributed by atoms with Crippen molar-refractivity contribution in [3.05, 3.63) is 48.3 Å². The number of hydrogen-bond donors (Lipinski definition) is 2. The van der Waals surface area contributed by atoms with E-state index in [0.29, 0.717) is 32.5 Å². The summed E-state index contributed by atoms with van der Waals surface area (Å²) in [5, 5.41) is 16.7. The van der Waals surface area contributed by atoms with E-state index in [1.54, 1.807) is 15.8 Å². The second-order valence-electron chi connectivity index (χ2n) is 5.51. The van der Waals surface area contributed by atoms with Crippen molar-refractivity contribution in [2.24, 2.45) is 0 Å². The molecule has 2 heterocycles. The number of aliphatic hydroxyl groups excluding tert-OH is 1. The van der Waals surface area contributed by atoms with Crippen LogP contribution in [0.3, 0.4) is 0 Å². The number of likely N-dealkylation sites (tertiary alicyclic amines) is 1. The molecule has 1 aliphatic heterocycles. The van der Waals surface area contributed by atoms with Crippen molar-refractivity contribution in [2.75, 3.05) is 13.1 Å². The van der Waals surface area contributed by atoms with Crippen LogP contribution in [-0.4, -0.2) is 45.0 Å². The molecule has 22 heavy (non-hydrogen) atoms. The van der Waals surface area contributed by atoms with Crippen molar-refractivity contribution in [1.82, 2.24) is 20.0 Å². The van der Waals surface area contributed by atoms with Gasteiger partial charge in [-0.15, -0.1) is 0 Å². The molecule has 0 saturated carbocycles. The fraction of sp³-hybridized carbons (Fsp3) is 0.375. The molecular weight excluding hydrogens is 280 g/mol. The molecule has 2 aromatic rings. The summed E-state index contributed by atoms with van der Waals surface area (Å²) in [5.41, 5.74) is 1.94. The number of aliphatic hydroxyl groups is 1. The lowest BCUT2D eigenvalue weighted by atomic mass is 10.1. The summed E-state index contributed by atoms with van der Waals surface area (Å²) in [7, 11) is 0. The summed E-state index contributed by atoms with van der Waals surface area (Å²) in [4.78, 5) is 13.8. The Kier molecular flexibility index (Phi) is 4.39. The van der Waals surface area contributed by atoms with E-state index in [4.69, 9.17) is 0 Å². The summed E-state index contributed by atoms with van der Waals surface area (Å²) in [5.74, 6) is 0. The van der Waals surface area contributed by atoms with E-state index in [9.17, 15) is 9.90 Å². The van der Waals surface area contributed by atoms with Crippen LogP contribution in [0.4, 0.5) is 4.79 Å². The maximum absolute atomic E-state index is 12.1. The number of rotatable bonds is 3.